The van der Waals surface area contributed by atoms with E-state index in [0.717, 1.165) is 24.1 Å². The number of hydrogen-bond acceptors (Lipinski definition) is 12. The van der Waals surface area contributed by atoms with Crippen molar-refractivity contribution in [2.45, 2.75) is 63.1 Å². The molecule has 1 aromatic carbocycles. The van der Waals surface area contributed by atoms with Crippen molar-refractivity contribution in [3.8, 4) is 11.9 Å². The second kappa shape index (κ2) is 14.3. The van der Waals surface area contributed by atoms with Gasteiger partial charge in [0.15, 0.2) is 11.5 Å². The first-order chi connectivity index (χ1) is 24.7. The first-order valence-electron chi connectivity index (χ1n) is 16.9. The molecule has 5 heterocycles. The lowest BCUT2D eigenvalue weighted by atomic mass is 10.0. The van der Waals surface area contributed by atoms with Gasteiger partial charge in [-0.25, -0.2) is 14.4 Å². The van der Waals surface area contributed by atoms with Gasteiger partial charge in [0.05, 0.1) is 47.5 Å². The molecule has 3 aliphatic rings. The number of rotatable bonds is 13. The fourth-order valence-corrected chi connectivity index (χ4v) is 6.49. The third-order valence-electron chi connectivity index (χ3n) is 9.21. The number of nitrogens with zero attached hydrogens (tertiary/aromatic N) is 7. The number of aliphatic hydroxyl groups excluding tert-OH is 1. The Bertz CT molecular complexity index is 2030. The highest BCUT2D eigenvalue weighted by Crippen LogP contribution is 2.43. The van der Waals surface area contributed by atoms with Crippen LogP contribution in [0.1, 0.15) is 53.6 Å². The van der Waals surface area contributed by atoms with Gasteiger partial charge in [-0.3, -0.25) is 19.7 Å². The Morgan fingerprint density at radius 3 is 2.82 bits per heavy atom. The topological polar surface area (TPSA) is 191 Å². The Kier molecular flexibility index (Phi) is 9.48. The number of aliphatic hydroxyl groups is 1. The maximum absolute atomic E-state index is 14.8. The number of ether oxygens (including phenoxy) is 1. The van der Waals surface area contributed by atoms with E-state index in [-0.39, 0.29) is 43.7 Å². The van der Waals surface area contributed by atoms with Gasteiger partial charge in [0.2, 0.25) is 18.2 Å². The van der Waals surface area contributed by atoms with Crippen molar-refractivity contribution in [3.05, 3.63) is 65.6 Å². The number of nitrogens with one attached hydrogen (secondary N) is 3. The van der Waals surface area contributed by atoms with Crippen molar-refractivity contribution in [1.82, 2.24) is 30.4 Å². The lowest BCUT2D eigenvalue weighted by Gasteiger charge is -2.34. The van der Waals surface area contributed by atoms with Crippen molar-refractivity contribution < 1.29 is 28.6 Å². The molecule has 1 aliphatic carbocycles. The van der Waals surface area contributed by atoms with Gasteiger partial charge in [0, 0.05) is 50.0 Å². The van der Waals surface area contributed by atoms with Gasteiger partial charge < -0.3 is 30.3 Å². The van der Waals surface area contributed by atoms with Gasteiger partial charge in [-0.05, 0) is 49.8 Å². The van der Waals surface area contributed by atoms with Crippen LogP contribution < -0.4 is 25.8 Å². The molecule has 2 fully saturated rings. The second-order valence-electron chi connectivity index (χ2n) is 12.9. The molecule has 51 heavy (non-hydrogen) atoms. The number of carbonyl (C=O) groups is 3. The van der Waals surface area contributed by atoms with Crippen LogP contribution in [0.3, 0.4) is 0 Å². The Labute approximate surface area is 292 Å². The van der Waals surface area contributed by atoms with Crippen molar-refractivity contribution >= 4 is 45.8 Å². The number of nitriles is 1. The Morgan fingerprint density at radius 1 is 1.20 bits per heavy atom. The Morgan fingerprint density at radius 2 is 2.04 bits per heavy atom. The van der Waals surface area contributed by atoms with E-state index in [4.69, 9.17) is 4.74 Å². The van der Waals surface area contributed by atoms with Crippen LogP contribution in [0.15, 0.2) is 48.9 Å². The van der Waals surface area contributed by atoms with Crippen LogP contribution in [0.2, 0.25) is 0 Å². The van der Waals surface area contributed by atoms with E-state index >= 15 is 0 Å². The third kappa shape index (κ3) is 7.03. The molecule has 0 bridgehead atoms. The second-order valence-corrected chi connectivity index (χ2v) is 12.9. The van der Waals surface area contributed by atoms with Gasteiger partial charge >= 0.3 is 0 Å². The monoisotopic (exact) mass is 696 g/mol. The highest BCUT2D eigenvalue weighted by molar-refractivity contribution is 6.03. The minimum Gasteiger partial charge on any atom is -0.382 e. The number of para-hydroxylation sites is 1. The number of fused-ring (bicyclic) bond motifs is 2. The molecule has 15 nitrogen and oxygen atoms in total. The number of alkyl halides is 1. The van der Waals surface area contributed by atoms with Crippen LogP contribution in [-0.4, -0.2) is 94.0 Å². The molecule has 3 unspecified atom stereocenters. The zero-order chi connectivity index (χ0) is 35.6. The minimum absolute atomic E-state index is 0.202. The molecular formula is C35H37FN10O5. The van der Waals surface area contributed by atoms with Gasteiger partial charge in [-0.1, -0.05) is 12.1 Å². The van der Waals surface area contributed by atoms with E-state index in [2.05, 4.69) is 37.1 Å². The molecule has 0 radical (unpaired) electrons. The third-order valence-corrected chi connectivity index (χ3v) is 9.21. The number of aromatic nitrogens is 4. The number of piperidine rings is 1. The van der Waals surface area contributed by atoms with Gasteiger partial charge in [-0.2, -0.15) is 15.0 Å². The number of benzene rings is 1. The van der Waals surface area contributed by atoms with E-state index in [1.165, 1.54) is 17.1 Å². The maximum Gasteiger partial charge on any atom is 0.255 e. The lowest BCUT2D eigenvalue weighted by molar-refractivity contribution is -0.134. The molecular weight excluding hydrogens is 659 g/mol. The van der Waals surface area contributed by atoms with E-state index < -0.39 is 30.4 Å². The standard InChI is InChI=1S/C35H37FN10O5/c1-44-31-21(4-2-6-27(31)45(35(44)50)28-9-10-30(47)43-34(28)49)5-3-11-51-19-23(36)17-40-33(48)25-18-38-29(13-26(25)42-24-7-8-24)46-32-22(16-41-46)12-20(14-37)15-39-32/h2,4,6,12-13,15-16,18,23-24,28,35,50H,3,5,7-11,17,19H2,1H3,(H,38,42)(H,40,48)(H,43,47,49). The normalized spacial score (nSPS) is 19.1. The minimum atomic E-state index is -1.44. The highest BCUT2D eigenvalue weighted by atomic mass is 19.1. The summed E-state index contributed by atoms with van der Waals surface area (Å²) in [5.41, 5.74) is 4.21. The fourth-order valence-electron chi connectivity index (χ4n) is 6.49. The number of anilines is 3. The molecule has 0 spiro atoms. The summed E-state index contributed by atoms with van der Waals surface area (Å²) in [4.78, 5) is 49.5. The quantitative estimate of drug-likeness (QED) is 0.118. The number of amides is 3. The van der Waals surface area contributed by atoms with E-state index in [1.54, 1.807) is 35.2 Å². The average molecular weight is 697 g/mol. The molecule has 4 N–H and O–H groups in total. The van der Waals surface area contributed by atoms with E-state index in [9.17, 15) is 29.1 Å². The Balaban J connectivity index is 0.913. The summed E-state index contributed by atoms with van der Waals surface area (Å²) in [6, 6.07) is 10.7. The molecule has 3 atom stereocenters. The molecule has 4 aromatic rings. The molecule has 264 valence electrons. The SMILES string of the molecule is CN1c2c(CCCOCC(F)CNC(=O)c3cnc(-n4ncc5cc(C#N)cnc54)cc3NC3CC3)cccc2N(C2CCC(=O)NC2=O)C1O. The summed E-state index contributed by atoms with van der Waals surface area (Å²) in [7, 11) is 1.75. The zero-order valence-corrected chi connectivity index (χ0v) is 27.9. The van der Waals surface area contributed by atoms with Gasteiger partial charge in [0.25, 0.3) is 5.91 Å². The van der Waals surface area contributed by atoms with Crippen molar-refractivity contribution in [1.29, 1.82) is 5.26 Å². The zero-order valence-electron chi connectivity index (χ0n) is 27.9. The molecule has 1 saturated carbocycles. The maximum atomic E-state index is 14.8. The summed E-state index contributed by atoms with van der Waals surface area (Å²) in [6.07, 6.45) is 5.60. The molecule has 2 aliphatic heterocycles. The summed E-state index contributed by atoms with van der Waals surface area (Å²) >= 11 is 0. The predicted molar refractivity (Wildman–Crippen MR) is 184 cm³/mol. The molecule has 3 amide bonds. The largest absolute Gasteiger partial charge is 0.382 e. The van der Waals surface area contributed by atoms with Crippen LogP contribution in [0.25, 0.3) is 16.9 Å². The Hall–Kier alpha value is -5.66. The van der Waals surface area contributed by atoms with Crippen LogP contribution >= 0.6 is 0 Å². The van der Waals surface area contributed by atoms with Crippen molar-refractivity contribution in [2.24, 2.45) is 0 Å². The van der Waals surface area contributed by atoms with E-state index in [0.29, 0.717) is 53.1 Å². The number of aryl methyl sites for hydroxylation is 1. The molecule has 3 aromatic heterocycles. The number of imide groups is 1. The smallest absolute Gasteiger partial charge is 0.255 e. The van der Waals surface area contributed by atoms with Crippen molar-refractivity contribution in [3.63, 3.8) is 0 Å². The average Bonchev–Trinajstić information content (AvgIpc) is 3.79. The molecule has 7 rings (SSSR count). The lowest BCUT2D eigenvalue weighted by Crippen LogP contribution is -2.56. The van der Waals surface area contributed by atoms with Crippen LogP contribution in [0, 0.1) is 11.3 Å². The van der Waals surface area contributed by atoms with Gasteiger partial charge in [0.1, 0.15) is 18.3 Å². The van der Waals surface area contributed by atoms with Crippen LogP contribution in [-0.2, 0) is 20.7 Å². The van der Waals surface area contributed by atoms with Crippen LogP contribution in [0.4, 0.5) is 21.5 Å². The number of halogens is 1. The predicted octanol–water partition coefficient (Wildman–Crippen LogP) is 2.32. The van der Waals surface area contributed by atoms with Crippen molar-refractivity contribution in [2.75, 3.05) is 41.9 Å². The number of pyridine rings is 2. The summed E-state index contributed by atoms with van der Waals surface area (Å²) in [6.45, 7) is -0.174. The highest BCUT2D eigenvalue weighted by Gasteiger charge is 2.42. The summed E-state index contributed by atoms with van der Waals surface area (Å²) in [5.74, 6) is -0.785. The van der Waals surface area contributed by atoms with Gasteiger partial charge in [-0.15, -0.1) is 0 Å². The summed E-state index contributed by atoms with van der Waals surface area (Å²) in [5, 5.41) is 33.6. The van der Waals surface area contributed by atoms with Crippen LogP contribution in [0.5, 0.6) is 0 Å². The molecule has 1 saturated heterocycles. The first-order valence-corrected chi connectivity index (χ1v) is 16.9. The number of carbonyl (C=O) groups excluding carboxylic acids is 3. The number of hydrogen-bond donors (Lipinski definition) is 4. The first kappa shape index (κ1) is 33.8. The molecule has 16 heteroatoms. The fraction of sp³-hybridized carbons (Fsp3) is 0.400. The summed E-state index contributed by atoms with van der Waals surface area (Å²) < 4.78 is 22.0. The van der Waals surface area contributed by atoms with E-state index in [1.807, 2.05) is 18.2 Å².